The van der Waals surface area contributed by atoms with E-state index < -0.39 is 17.0 Å². The molecule has 0 aliphatic rings. The van der Waals surface area contributed by atoms with E-state index in [2.05, 4.69) is 16.6 Å². The largest absolute Gasteiger partial charge is 0.390 e. The summed E-state index contributed by atoms with van der Waals surface area (Å²) in [5, 5.41) is -3.90. The van der Waals surface area contributed by atoms with Crippen LogP contribution in [-0.4, -0.2) is 10.4 Å². The summed E-state index contributed by atoms with van der Waals surface area (Å²) in [7, 11) is 0. The van der Waals surface area contributed by atoms with Crippen LogP contribution in [0.2, 0.25) is 5.02 Å². The molecule has 2 aromatic carbocycles. The van der Waals surface area contributed by atoms with E-state index in [9.17, 15) is 17.6 Å². The van der Waals surface area contributed by atoms with E-state index in [1.165, 1.54) is 12.1 Å². The first kappa shape index (κ1) is 17.0. The molecule has 1 nitrogen and oxygen atoms in total. The standard InChI is InChI=1S/C17H9Cl2F4N/c18-11-6-7-14-13(8-11)12(10-4-2-1-3-5-10)9-15(24-14)16(20,21)17(19,22)23/h1-9H. The molecule has 7 heteroatoms. The minimum Gasteiger partial charge on any atom is -0.246 e. The third kappa shape index (κ3) is 2.94. The highest BCUT2D eigenvalue weighted by molar-refractivity contribution is 6.31. The van der Waals surface area contributed by atoms with Gasteiger partial charge in [-0.25, -0.2) is 4.98 Å². The Kier molecular flexibility index (Phi) is 4.18. The van der Waals surface area contributed by atoms with Gasteiger partial charge in [0.25, 0.3) is 0 Å². The molecule has 0 bridgehead atoms. The van der Waals surface area contributed by atoms with Crippen molar-refractivity contribution >= 4 is 34.1 Å². The Morgan fingerprint density at radius 3 is 2.17 bits per heavy atom. The van der Waals surface area contributed by atoms with E-state index >= 15 is 0 Å². The molecular weight excluding hydrogens is 365 g/mol. The van der Waals surface area contributed by atoms with Gasteiger partial charge in [-0.15, -0.1) is 0 Å². The van der Waals surface area contributed by atoms with Crippen LogP contribution < -0.4 is 0 Å². The number of aromatic nitrogens is 1. The maximum Gasteiger partial charge on any atom is 0.390 e. The van der Waals surface area contributed by atoms with E-state index in [1.807, 2.05) is 0 Å². The second-order valence-corrected chi connectivity index (χ2v) is 6.07. The number of benzene rings is 2. The lowest BCUT2D eigenvalue weighted by Crippen LogP contribution is -2.33. The highest BCUT2D eigenvalue weighted by atomic mass is 35.5. The van der Waals surface area contributed by atoms with Crippen molar-refractivity contribution < 1.29 is 17.6 Å². The number of nitrogens with zero attached hydrogens (tertiary/aromatic N) is 1. The first-order chi connectivity index (χ1) is 11.2. The van der Waals surface area contributed by atoms with E-state index in [0.29, 0.717) is 21.5 Å². The number of fused-ring (bicyclic) bond motifs is 1. The Morgan fingerprint density at radius 2 is 1.54 bits per heavy atom. The fourth-order valence-electron chi connectivity index (χ4n) is 2.36. The summed E-state index contributed by atoms with van der Waals surface area (Å²) in [6.45, 7) is 0. The van der Waals surface area contributed by atoms with Gasteiger partial charge < -0.3 is 0 Å². The molecule has 24 heavy (non-hydrogen) atoms. The number of hydrogen-bond acceptors (Lipinski definition) is 1. The van der Waals surface area contributed by atoms with E-state index in [-0.39, 0.29) is 5.52 Å². The van der Waals surface area contributed by atoms with Gasteiger partial charge >= 0.3 is 11.3 Å². The van der Waals surface area contributed by atoms with Crippen molar-refractivity contribution in [2.24, 2.45) is 0 Å². The molecule has 0 aliphatic heterocycles. The van der Waals surface area contributed by atoms with Crippen LogP contribution in [0.15, 0.2) is 54.6 Å². The molecular formula is C17H9Cl2F4N. The van der Waals surface area contributed by atoms with Gasteiger partial charge in [-0.1, -0.05) is 41.9 Å². The molecule has 1 heterocycles. The molecule has 0 atom stereocenters. The second-order valence-electron chi connectivity index (χ2n) is 5.15. The Hall–Kier alpha value is -1.85. The van der Waals surface area contributed by atoms with Crippen LogP contribution in [0.25, 0.3) is 22.0 Å². The Morgan fingerprint density at radius 1 is 0.875 bits per heavy atom. The number of rotatable bonds is 3. The smallest absolute Gasteiger partial charge is 0.246 e. The average Bonchev–Trinajstić information content (AvgIpc) is 2.53. The SMILES string of the molecule is FC(F)(Cl)C(F)(F)c1cc(-c2ccccc2)c2cc(Cl)ccc2n1. The first-order valence-corrected chi connectivity index (χ1v) is 7.56. The second kappa shape index (κ2) is 5.90. The molecule has 0 spiro atoms. The third-order valence-electron chi connectivity index (χ3n) is 3.53. The Balaban J connectivity index is 2.34. The van der Waals surface area contributed by atoms with Gasteiger partial charge in [-0.05, 0) is 47.0 Å². The Labute approximate surface area is 144 Å². The summed E-state index contributed by atoms with van der Waals surface area (Å²) >= 11 is 10.6. The molecule has 1 aromatic heterocycles. The molecule has 3 rings (SSSR count). The molecule has 0 unspecified atom stereocenters. The minimum absolute atomic E-state index is 0.122. The lowest BCUT2D eigenvalue weighted by molar-refractivity contribution is -0.166. The fraction of sp³-hybridized carbons (Fsp3) is 0.118. The van der Waals surface area contributed by atoms with Crippen molar-refractivity contribution in [3.8, 4) is 11.1 Å². The monoisotopic (exact) mass is 373 g/mol. The van der Waals surface area contributed by atoms with Crippen LogP contribution in [-0.2, 0) is 5.92 Å². The summed E-state index contributed by atoms with van der Waals surface area (Å²) in [6, 6.07) is 13.8. The topological polar surface area (TPSA) is 12.9 Å². The van der Waals surface area contributed by atoms with Gasteiger partial charge in [0.1, 0.15) is 5.69 Å². The van der Waals surface area contributed by atoms with Crippen LogP contribution in [0.1, 0.15) is 5.69 Å². The summed E-state index contributed by atoms with van der Waals surface area (Å²) in [5.41, 5.74) is -0.0895. The van der Waals surface area contributed by atoms with Crippen molar-refractivity contribution in [2.45, 2.75) is 11.3 Å². The van der Waals surface area contributed by atoms with Gasteiger partial charge in [0.15, 0.2) is 0 Å². The molecule has 0 saturated heterocycles. The van der Waals surface area contributed by atoms with Gasteiger partial charge in [0.2, 0.25) is 0 Å². The molecule has 3 aromatic rings. The summed E-state index contributed by atoms with van der Waals surface area (Å²) < 4.78 is 54.3. The predicted octanol–water partition coefficient (Wildman–Crippen LogP) is 6.48. The van der Waals surface area contributed by atoms with Gasteiger partial charge in [0, 0.05) is 10.4 Å². The predicted molar refractivity (Wildman–Crippen MR) is 86.9 cm³/mol. The van der Waals surface area contributed by atoms with Crippen LogP contribution in [0.5, 0.6) is 0 Å². The van der Waals surface area contributed by atoms with Gasteiger partial charge in [-0.2, -0.15) is 17.6 Å². The molecule has 0 aliphatic carbocycles. The summed E-state index contributed by atoms with van der Waals surface area (Å²) in [4.78, 5) is 3.67. The van der Waals surface area contributed by atoms with Crippen molar-refractivity contribution in [3.05, 3.63) is 65.3 Å². The van der Waals surface area contributed by atoms with Crippen LogP contribution in [0.3, 0.4) is 0 Å². The maximum atomic E-state index is 14.0. The zero-order valence-corrected chi connectivity index (χ0v) is 13.4. The van der Waals surface area contributed by atoms with Crippen molar-refractivity contribution in [3.63, 3.8) is 0 Å². The fourth-order valence-corrected chi connectivity index (χ4v) is 2.63. The third-order valence-corrected chi connectivity index (χ3v) is 4.01. The van der Waals surface area contributed by atoms with Crippen LogP contribution in [0.4, 0.5) is 17.6 Å². The van der Waals surface area contributed by atoms with Crippen molar-refractivity contribution in [1.29, 1.82) is 0 Å². The normalized spacial score (nSPS) is 12.6. The number of alkyl halides is 5. The van der Waals surface area contributed by atoms with Gasteiger partial charge in [-0.3, -0.25) is 0 Å². The molecule has 124 valence electrons. The molecule has 0 amide bonds. The number of hydrogen-bond donors (Lipinski definition) is 0. The average molecular weight is 374 g/mol. The summed E-state index contributed by atoms with van der Waals surface area (Å²) in [6.07, 6.45) is 0. The highest BCUT2D eigenvalue weighted by Crippen LogP contribution is 2.46. The van der Waals surface area contributed by atoms with Crippen molar-refractivity contribution in [1.82, 2.24) is 4.98 Å². The van der Waals surface area contributed by atoms with Crippen LogP contribution in [0, 0.1) is 0 Å². The van der Waals surface area contributed by atoms with E-state index in [1.54, 1.807) is 36.4 Å². The zero-order chi connectivity index (χ0) is 17.5. The molecule has 0 N–H and O–H groups in total. The molecule has 0 fully saturated rings. The molecule has 0 saturated carbocycles. The van der Waals surface area contributed by atoms with E-state index in [0.717, 1.165) is 6.07 Å². The van der Waals surface area contributed by atoms with E-state index in [4.69, 9.17) is 11.6 Å². The quantitative estimate of drug-likeness (QED) is 0.378. The zero-order valence-electron chi connectivity index (χ0n) is 11.9. The minimum atomic E-state index is -4.76. The molecule has 0 radical (unpaired) electrons. The maximum absolute atomic E-state index is 14.0. The number of halogens is 6. The first-order valence-electron chi connectivity index (χ1n) is 6.81. The Bertz CT molecular complexity index is 892. The van der Waals surface area contributed by atoms with Gasteiger partial charge in [0.05, 0.1) is 5.52 Å². The highest BCUT2D eigenvalue weighted by Gasteiger charge is 2.57. The lowest BCUT2D eigenvalue weighted by atomic mass is 9.99. The lowest BCUT2D eigenvalue weighted by Gasteiger charge is -2.21. The number of pyridine rings is 1. The van der Waals surface area contributed by atoms with Crippen LogP contribution >= 0.6 is 23.2 Å². The summed E-state index contributed by atoms with van der Waals surface area (Å²) in [5.74, 6) is -4.62. The van der Waals surface area contributed by atoms with Crippen molar-refractivity contribution in [2.75, 3.05) is 0 Å².